The molecule has 0 aliphatic carbocycles. The summed E-state index contributed by atoms with van der Waals surface area (Å²) in [5, 5.41) is 3.27. The number of anilines is 3. The second-order valence-corrected chi connectivity index (χ2v) is 6.55. The first-order valence-corrected chi connectivity index (χ1v) is 9.04. The molecular weight excluding hydrogens is 336 g/mol. The number of hydrogen-bond donors (Lipinski definition) is 1. The van der Waals surface area contributed by atoms with Gasteiger partial charge in [0.2, 0.25) is 5.95 Å². The first-order chi connectivity index (χ1) is 13.0. The van der Waals surface area contributed by atoms with E-state index in [1.807, 2.05) is 51.1 Å². The zero-order valence-corrected chi connectivity index (χ0v) is 16.2. The maximum atomic E-state index is 13.0. The van der Waals surface area contributed by atoms with Crippen molar-refractivity contribution in [1.82, 2.24) is 9.97 Å². The SMILES string of the molecule is CCN(C(=O)c1ccnc(Nc2c(C)cc(C)cc2C)n1)c1ccccc1. The third-order valence-electron chi connectivity index (χ3n) is 4.42. The van der Waals surface area contributed by atoms with Crippen molar-refractivity contribution in [3.8, 4) is 0 Å². The lowest BCUT2D eigenvalue weighted by Gasteiger charge is -2.20. The van der Waals surface area contributed by atoms with Gasteiger partial charge in [-0.05, 0) is 57.0 Å². The Kier molecular flexibility index (Phi) is 5.50. The number of benzene rings is 2. The van der Waals surface area contributed by atoms with Gasteiger partial charge >= 0.3 is 0 Å². The molecule has 2 aromatic carbocycles. The Morgan fingerprint density at radius 3 is 2.33 bits per heavy atom. The molecule has 5 nitrogen and oxygen atoms in total. The molecule has 0 radical (unpaired) electrons. The fourth-order valence-corrected chi connectivity index (χ4v) is 3.22. The molecular formula is C22H24N4O. The van der Waals surface area contributed by atoms with E-state index in [-0.39, 0.29) is 5.91 Å². The molecule has 0 saturated heterocycles. The number of nitrogens with one attached hydrogen (secondary N) is 1. The van der Waals surface area contributed by atoms with Gasteiger partial charge in [-0.1, -0.05) is 35.9 Å². The molecule has 0 atom stereocenters. The van der Waals surface area contributed by atoms with Gasteiger partial charge in [0.1, 0.15) is 5.69 Å². The highest BCUT2D eigenvalue weighted by atomic mass is 16.2. The Morgan fingerprint density at radius 2 is 1.70 bits per heavy atom. The summed E-state index contributed by atoms with van der Waals surface area (Å²) >= 11 is 0. The van der Waals surface area contributed by atoms with Crippen LogP contribution in [0.5, 0.6) is 0 Å². The van der Waals surface area contributed by atoms with Crippen LogP contribution in [0.3, 0.4) is 0 Å². The summed E-state index contributed by atoms with van der Waals surface area (Å²) in [7, 11) is 0. The summed E-state index contributed by atoms with van der Waals surface area (Å²) in [6, 6.07) is 15.5. The largest absolute Gasteiger partial charge is 0.324 e. The van der Waals surface area contributed by atoms with E-state index in [1.54, 1.807) is 17.2 Å². The summed E-state index contributed by atoms with van der Waals surface area (Å²) in [5.74, 6) is 0.270. The number of rotatable bonds is 5. The zero-order valence-electron chi connectivity index (χ0n) is 16.2. The van der Waals surface area contributed by atoms with Crippen molar-refractivity contribution in [3.63, 3.8) is 0 Å². The van der Waals surface area contributed by atoms with Crippen LogP contribution in [0, 0.1) is 20.8 Å². The van der Waals surface area contributed by atoms with Crippen LogP contribution in [0.2, 0.25) is 0 Å². The Morgan fingerprint density at radius 1 is 1.04 bits per heavy atom. The fraction of sp³-hybridized carbons (Fsp3) is 0.227. The van der Waals surface area contributed by atoms with Gasteiger partial charge < -0.3 is 10.2 Å². The smallest absolute Gasteiger partial charge is 0.277 e. The topological polar surface area (TPSA) is 58.1 Å². The van der Waals surface area contributed by atoms with Gasteiger partial charge in [-0.25, -0.2) is 9.97 Å². The van der Waals surface area contributed by atoms with E-state index in [0.29, 0.717) is 18.2 Å². The van der Waals surface area contributed by atoms with E-state index < -0.39 is 0 Å². The third kappa shape index (κ3) is 4.14. The highest BCUT2D eigenvalue weighted by molar-refractivity contribution is 6.04. The van der Waals surface area contributed by atoms with E-state index in [2.05, 4.69) is 34.3 Å². The lowest BCUT2D eigenvalue weighted by Crippen LogP contribution is -2.31. The summed E-state index contributed by atoms with van der Waals surface area (Å²) in [5.41, 5.74) is 5.63. The van der Waals surface area contributed by atoms with Gasteiger partial charge in [0, 0.05) is 24.1 Å². The molecule has 27 heavy (non-hydrogen) atoms. The first kappa shape index (κ1) is 18.6. The van der Waals surface area contributed by atoms with Crippen molar-refractivity contribution in [2.75, 3.05) is 16.8 Å². The second kappa shape index (κ2) is 7.99. The molecule has 0 saturated carbocycles. The molecule has 5 heteroatoms. The second-order valence-electron chi connectivity index (χ2n) is 6.55. The Balaban J connectivity index is 1.88. The van der Waals surface area contributed by atoms with Crippen molar-refractivity contribution in [3.05, 3.63) is 77.1 Å². The normalized spacial score (nSPS) is 10.5. The summed E-state index contributed by atoms with van der Waals surface area (Å²) in [6.07, 6.45) is 1.61. The summed E-state index contributed by atoms with van der Waals surface area (Å²) in [6.45, 7) is 8.68. The van der Waals surface area contributed by atoms with Gasteiger partial charge in [0.05, 0.1) is 0 Å². The maximum absolute atomic E-state index is 13.0. The molecule has 0 bridgehead atoms. The fourth-order valence-electron chi connectivity index (χ4n) is 3.22. The lowest BCUT2D eigenvalue weighted by atomic mass is 10.1. The molecule has 138 valence electrons. The average molecular weight is 360 g/mol. The Labute approximate surface area is 160 Å². The van der Waals surface area contributed by atoms with Crippen molar-refractivity contribution in [1.29, 1.82) is 0 Å². The van der Waals surface area contributed by atoms with Crippen LogP contribution in [0.1, 0.15) is 34.1 Å². The van der Waals surface area contributed by atoms with Crippen LogP contribution in [-0.4, -0.2) is 22.4 Å². The molecule has 0 spiro atoms. The Bertz CT molecular complexity index is 931. The maximum Gasteiger partial charge on any atom is 0.277 e. The van der Waals surface area contributed by atoms with Gasteiger partial charge in [-0.15, -0.1) is 0 Å². The number of para-hydroxylation sites is 1. The van der Waals surface area contributed by atoms with Crippen molar-refractivity contribution < 1.29 is 4.79 Å². The van der Waals surface area contributed by atoms with E-state index >= 15 is 0 Å². The monoisotopic (exact) mass is 360 g/mol. The summed E-state index contributed by atoms with van der Waals surface area (Å²) < 4.78 is 0. The molecule has 3 rings (SSSR count). The van der Waals surface area contributed by atoms with Crippen LogP contribution in [-0.2, 0) is 0 Å². The number of aromatic nitrogens is 2. The molecule has 1 amide bonds. The minimum atomic E-state index is -0.147. The van der Waals surface area contributed by atoms with E-state index in [4.69, 9.17) is 0 Å². The standard InChI is InChI=1S/C22H24N4O/c1-5-26(18-9-7-6-8-10-18)21(27)19-11-12-23-22(24-19)25-20-16(3)13-15(2)14-17(20)4/h6-14H,5H2,1-4H3,(H,23,24,25). The molecule has 1 heterocycles. The van der Waals surface area contributed by atoms with E-state index in [9.17, 15) is 4.79 Å². The van der Waals surface area contributed by atoms with E-state index in [1.165, 1.54) is 5.56 Å². The first-order valence-electron chi connectivity index (χ1n) is 9.04. The van der Waals surface area contributed by atoms with Crippen molar-refractivity contribution >= 4 is 23.2 Å². The van der Waals surface area contributed by atoms with Crippen LogP contribution in [0.4, 0.5) is 17.3 Å². The highest BCUT2D eigenvalue weighted by Crippen LogP contribution is 2.24. The van der Waals surface area contributed by atoms with Gasteiger partial charge in [0.25, 0.3) is 5.91 Å². The van der Waals surface area contributed by atoms with Crippen LogP contribution in [0.25, 0.3) is 0 Å². The zero-order chi connectivity index (χ0) is 19.4. The predicted octanol–water partition coefficient (Wildman–Crippen LogP) is 4.81. The van der Waals surface area contributed by atoms with Crippen LogP contribution >= 0.6 is 0 Å². The number of amides is 1. The molecule has 0 aliphatic heterocycles. The van der Waals surface area contributed by atoms with Crippen LogP contribution in [0.15, 0.2) is 54.7 Å². The number of carbonyl (C=O) groups is 1. The number of aryl methyl sites for hydroxylation is 3. The number of carbonyl (C=O) groups excluding carboxylic acids is 1. The quantitative estimate of drug-likeness (QED) is 0.709. The molecule has 0 fully saturated rings. The minimum Gasteiger partial charge on any atom is -0.324 e. The van der Waals surface area contributed by atoms with Gasteiger partial charge in [-0.2, -0.15) is 0 Å². The highest BCUT2D eigenvalue weighted by Gasteiger charge is 2.18. The predicted molar refractivity (Wildman–Crippen MR) is 110 cm³/mol. The average Bonchev–Trinajstić information content (AvgIpc) is 2.66. The Hall–Kier alpha value is -3.21. The van der Waals surface area contributed by atoms with Crippen LogP contribution < -0.4 is 10.2 Å². The van der Waals surface area contributed by atoms with Crippen molar-refractivity contribution in [2.24, 2.45) is 0 Å². The lowest BCUT2D eigenvalue weighted by molar-refractivity contribution is 0.0983. The number of hydrogen-bond acceptors (Lipinski definition) is 4. The van der Waals surface area contributed by atoms with E-state index in [0.717, 1.165) is 22.5 Å². The molecule has 0 aliphatic rings. The third-order valence-corrected chi connectivity index (χ3v) is 4.42. The minimum absolute atomic E-state index is 0.147. The molecule has 1 N–H and O–H groups in total. The molecule has 3 aromatic rings. The molecule has 0 unspecified atom stereocenters. The molecule has 1 aromatic heterocycles. The summed E-state index contributed by atoms with van der Waals surface area (Å²) in [4.78, 5) is 23.4. The van der Waals surface area contributed by atoms with Gasteiger partial charge in [-0.3, -0.25) is 4.79 Å². The van der Waals surface area contributed by atoms with Crippen molar-refractivity contribution in [2.45, 2.75) is 27.7 Å². The van der Waals surface area contributed by atoms with Gasteiger partial charge in [0.15, 0.2) is 0 Å². The number of nitrogens with zero attached hydrogens (tertiary/aromatic N) is 3.